The van der Waals surface area contributed by atoms with Crippen LogP contribution in [-0.4, -0.2) is 93.9 Å². The van der Waals surface area contributed by atoms with Crippen molar-refractivity contribution in [2.75, 3.05) is 38.2 Å². The number of ether oxygens (including phenoxy) is 1. The quantitative estimate of drug-likeness (QED) is 0.378. The van der Waals surface area contributed by atoms with Crippen LogP contribution < -0.4 is 20.7 Å². The summed E-state index contributed by atoms with van der Waals surface area (Å²) in [6, 6.07) is 14.9. The Labute approximate surface area is 274 Å². The molecule has 0 fully saturated rings. The van der Waals surface area contributed by atoms with E-state index in [-0.39, 0.29) is 43.0 Å². The van der Waals surface area contributed by atoms with E-state index in [1.807, 2.05) is 74.8 Å². The number of rotatable bonds is 5. The standard InChI is InChI=1S/C33H43N7O5S/c1-23(2)31-33(44)35-28(19-24-8-5-4-6-9-24)32(43)34-13-15-39(30(42)22-46-3)14-12-26-21-40(38-37-26)16-17-45-27-11-7-10-25(18-27)20-29(41)36-31/h4-11,18,21,23,28,31H,12-17,19-20,22H2,1-3H3,(H,34,43)(H,35,44)(H,36,41)/t28-,31+/m0/s1. The molecule has 2 atom stereocenters. The van der Waals surface area contributed by atoms with E-state index in [0.717, 1.165) is 16.8 Å². The Morgan fingerprint density at radius 3 is 2.59 bits per heavy atom. The molecule has 12 nitrogen and oxygen atoms in total. The number of fused-ring (bicyclic) bond motifs is 4. The average Bonchev–Trinajstić information content (AvgIpc) is 3.48. The number of nitrogens with zero attached hydrogens (tertiary/aromatic N) is 4. The molecular formula is C33H43N7O5S. The summed E-state index contributed by atoms with van der Waals surface area (Å²) in [6.07, 6.45) is 4.52. The molecule has 2 aromatic carbocycles. The predicted molar refractivity (Wildman–Crippen MR) is 176 cm³/mol. The summed E-state index contributed by atoms with van der Waals surface area (Å²) in [5, 5.41) is 17.1. The number of hydrogen-bond donors (Lipinski definition) is 3. The first-order valence-corrected chi connectivity index (χ1v) is 16.9. The van der Waals surface area contributed by atoms with Crippen molar-refractivity contribution >= 4 is 35.4 Å². The molecule has 4 bridgehead atoms. The number of benzene rings is 2. The highest BCUT2D eigenvalue weighted by Gasteiger charge is 2.29. The van der Waals surface area contributed by atoms with E-state index >= 15 is 0 Å². The van der Waals surface area contributed by atoms with Gasteiger partial charge in [-0.3, -0.25) is 19.2 Å². The minimum atomic E-state index is -0.895. The van der Waals surface area contributed by atoms with E-state index in [9.17, 15) is 19.2 Å². The molecule has 0 spiro atoms. The second kappa shape index (κ2) is 17.3. The molecule has 0 unspecified atom stereocenters. The van der Waals surface area contributed by atoms with E-state index in [1.165, 1.54) is 11.8 Å². The van der Waals surface area contributed by atoms with Gasteiger partial charge in [-0.25, -0.2) is 4.68 Å². The summed E-state index contributed by atoms with van der Waals surface area (Å²) in [7, 11) is 0. The fourth-order valence-electron chi connectivity index (χ4n) is 5.09. The largest absolute Gasteiger partial charge is 0.492 e. The molecule has 3 aromatic rings. The van der Waals surface area contributed by atoms with Gasteiger partial charge in [-0.1, -0.05) is 61.5 Å². The number of carbonyl (C=O) groups excluding carboxylic acids is 4. The fraction of sp³-hybridized carbons (Fsp3) is 0.455. The molecule has 0 aliphatic carbocycles. The summed E-state index contributed by atoms with van der Waals surface area (Å²) < 4.78 is 7.61. The monoisotopic (exact) mass is 649 g/mol. The number of thioether (sulfide) groups is 1. The van der Waals surface area contributed by atoms with Gasteiger partial charge in [-0.15, -0.1) is 5.10 Å². The predicted octanol–water partition coefficient (Wildman–Crippen LogP) is 1.63. The first-order valence-electron chi connectivity index (χ1n) is 15.5. The number of nitrogens with one attached hydrogen (secondary N) is 3. The lowest BCUT2D eigenvalue weighted by molar-refractivity contribution is -0.133. The zero-order valence-electron chi connectivity index (χ0n) is 26.6. The van der Waals surface area contributed by atoms with Gasteiger partial charge in [0.15, 0.2) is 0 Å². The van der Waals surface area contributed by atoms with Crippen LogP contribution in [-0.2, 0) is 45.0 Å². The Morgan fingerprint density at radius 1 is 1.02 bits per heavy atom. The van der Waals surface area contributed by atoms with Gasteiger partial charge in [0.1, 0.15) is 24.4 Å². The lowest BCUT2D eigenvalue weighted by atomic mass is 10.0. The Kier molecular flexibility index (Phi) is 13.0. The van der Waals surface area contributed by atoms with Gasteiger partial charge in [0.2, 0.25) is 23.6 Å². The lowest BCUT2D eigenvalue weighted by Crippen LogP contribution is -2.56. The molecule has 1 aliphatic rings. The third kappa shape index (κ3) is 10.6. The molecule has 0 radical (unpaired) electrons. The van der Waals surface area contributed by atoms with Crippen molar-refractivity contribution in [2.45, 2.75) is 51.7 Å². The van der Waals surface area contributed by atoms with E-state index in [1.54, 1.807) is 15.6 Å². The second-order valence-electron chi connectivity index (χ2n) is 11.5. The maximum atomic E-state index is 13.6. The smallest absolute Gasteiger partial charge is 0.243 e. The number of amides is 4. The molecule has 4 rings (SSSR count). The minimum Gasteiger partial charge on any atom is -0.492 e. The molecule has 0 saturated heterocycles. The van der Waals surface area contributed by atoms with Crippen LogP contribution in [0.4, 0.5) is 0 Å². The summed E-state index contributed by atoms with van der Waals surface area (Å²) in [6.45, 7) is 5.41. The highest BCUT2D eigenvalue weighted by atomic mass is 32.2. The third-order valence-electron chi connectivity index (χ3n) is 7.56. The van der Waals surface area contributed by atoms with Crippen molar-refractivity contribution < 1.29 is 23.9 Å². The van der Waals surface area contributed by atoms with Crippen LogP contribution in [0, 0.1) is 5.92 Å². The maximum Gasteiger partial charge on any atom is 0.243 e. The molecule has 46 heavy (non-hydrogen) atoms. The van der Waals surface area contributed by atoms with Crippen LogP contribution in [0.25, 0.3) is 0 Å². The highest BCUT2D eigenvalue weighted by molar-refractivity contribution is 7.99. The van der Waals surface area contributed by atoms with Gasteiger partial charge < -0.3 is 25.6 Å². The first-order chi connectivity index (χ1) is 22.2. The van der Waals surface area contributed by atoms with Crippen LogP contribution >= 0.6 is 11.8 Å². The Balaban J connectivity index is 1.57. The molecule has 4 amide bonds. The number of carbonyl (C=O) groups is 4. The molecule has 2 heterocycles. The average molecular weight is 650 g/mol. The summed E-state index contributed by atoms with van der Waals surface area (Å²) in [4.78, 5) is 54.8. The lowest BCUT2D eigenvalue weighted by Gasteiger charge is -2.26. The van der Waals surface area contributed by atoms with Gasteiger partial charge in [-0.05, 0) is 35.4 Å². The SMILES string of the molecule is CSCC(=O)N1CCNC(=O)[C@H](Cc2ccccc2)NC(=O)[C@@H](C(C)C)NC(=O)Cc2cccc(c2)OCCn2cc(nn2)CC1. The maximum absolute atomic E-state index is 13.6. The van der Waals surface area contributed by atoms with Crippen molar-refractivity contribution in [2.24, 2.45) is 5.92 Å². The summed E-state index contributed by atoms with van der Waals surface area (Å²) in [5.41, 5.74) is 2.35. The van der Waals surface area contributed by atoms with Gasteiger partial charge in [0.25, 0.3) is 0 Å². The van der Waals surface area contributed by atoms with Gasteiger partial charge in [0, 0.05) is 38.7 Å². The van der Waals surface area contributed by atoms with Gasteiger partial charge in [0.05, 0.1) is 24.4 Å². The van der Waals surface area contributed by atoms with Crippen molar-refractivity contribution in [1.29, 1.82) is 0 Å². The first kappa shape index (κ1) is 34.5. The van der Waals surface area contributed by atoms with Gasteiger partial charge >= 0.3 is 0 Å². The van der Waals surface area contributed by atoms with E-state index in [4.69, 9.17) is 4.74 Å². The molecule has 13 heteroatoms. The summed E-state index contributed by atoms with van der Waals surface area (Å²) >= 11 is 1.43. The third-order valence-corrected chi connectivity index (χ3v) is 8.09. The molecule has 246 valence electrons. The number of aromatic nitrogens is 3. The van der Waals surface area contributed by atoms with E-state index in [2.05, 4.69) is 26.3 Å². The van der Waals surface area contributed by atoms with Crippen LogP contribution in [0.15, 0.2) is 60.8 Å². The van der Waals surface area contributed by atoms with Crippen LogP contribution in [0.3, 0.4) is 0 Å². The zero-order valence-corrected chi connectivity index (χ0v) is 27.4. The normalized spacial score (nSPS) is 19.0. The van der Waals surface area contributed by atoms with E-state index in [0.29, 0.717) is 44.2 Å². The zero-order chi connectivity index (χ0) is 32.9. The minimum absolute atomic E-state index is 0.0417. The Morgan fingerprint density at radius 2 is 1.83 bits per heavy atom. The van der Waals surface area contributed by atoms with E-state index < -0.39 is 18.0 Å². The highest BCUT2D eigenvalue weighted by Crippen LogP contribution is 2.15. The molecule has 3 N–H and O–H groups in total. The van der Waals surface area contributed by atoms with Crippen molar-refractivity contribution in [3.63, 3.8) is 0 Å². The fourth-order valence-corrected chi connectivity index (χ4v) is 5.52. The second-order valence-corrected chi connectivity index (χ2v) is 12.4. The topological polar surface area (TPSA) is 148 Å². The molecule has 0 saturated carbocycles. The van der Waals surface area contributed by atoms with Crippen LogP contribution in [0.1, 0.15) is 30.7 Å². The molecular weight excluding hydrogens is 606 g/mol. The number of hydrogen-bond acceptors (Lipinski definition) is 8. The van der Waals surface area contributed by atoms with Crippen LogP contribution in [0.5, 0.6) is 5.75 Å². The molecule has 1 aliphatic heterocycles. The summed E-state index contributed by atoms with van der Waals surface area (Å²) in [5.74, 6) is -0.491. The Bertz CT molecular complexity index is 1470. The van der Waals surface area contributed by atoms with Crippen LogP contribution in [0.2, 0.25) is 0 Å². The van der Waals surface area contributed by atoms with Crippen molar-refractivity contribution in [3.8, 4) is 5.75 Å². The van der Waals surface area contributed by atoms with Gasteiger partial charge in [-0.2, -0.15) is 11.8 Å². The Hall–Kier alpha value is -4.39. The van der Waals surface area contributed by atoms with Crippen molar-refractivity contribution in [3.05, 3.63) is 77.6 Å². The molecule has 1 aromatic heterocycles. The van der Waals surface area contributed by atoms with Crippen molar-refractivity contribution in [1.82, 2.24) is 35.8 Å².